The summed E-state index contributed by atoms with van der Waals surface area (Å²) in [6.45, 7) is 1.81. The Balaban J connectivity index is 4.38. The highest BCUT2D eigenvalue weighted by atomic mass is 19.3. The number of rotatable bonds is 4. The summed E-state index contributed by atoms with van der Waals surface area (Å²) < 4.78 is 23.5. The monoisotopic (exact) mass is 224 g/mol. The lowest BCUT2D eigenvalue weighted by atomic mass is 10.1. The number of aliphatic carboxylic acids is 1. The highest BCUT2D eigenvalue weighted by molar-refractivity contribution is 5.85. The number of carbonyl (C=O) groups is 2. The van der Waals surface area contributed by atoms with Gasteiger partial charge in [-0.1, -0.05) is 0 Å². The van der Waals surface area contributed by atoms with E-state index in [1.807, 2.05) is 5.32 Å². The van der Waals surface area contributed by atoms with Crippen LogP contribution in [0, 0.1) is 0 Å². The number of amides is 2. The Labute approximate surface area is 86.1 Å². The highest BCUT2D eigenvalue weighted by Gasteiger charge is 2.35. The predicted molar refractivity (Wildman–Crippen MR) is 48.9 cm³/mol. The van der Waals surface area contributed by atoms with Gasteiger partial charge < -0.3 is 15.3 Å². The molecule has 0 aliphatic heterocycles. The fourth-order valence-corrected chi connectivity index (χ4v) is 0.680. The predicted octanol–water partition coefficient (Wildman–Crippen LogP) is 0.756. The molecule has 0 saturated carbocycles. The molecule has 0 aliphatic carbocycles. The molecule has 5 nitrogen and oxygen atoms in total. The van der Waals surface area contributed by atoms with Gasteiger partial charge in [0, 0.05) is 7.05 Å². The second kappa shape index (κ2) is 4.90. The zero-order valence-corrected chi connectivity index (χ0v) is 8.75. The number of carboxylic acid groups (broad SMARTS) is 1. The smallest absolute Gasteiger partial charge is 0.329 e. The Morgan fingerprint density at radius 1 is 1.47 bits per heavy atom. The van der Waals surface area contributed by atoms with Crippen molar-refractivity contribution in [2.45, 2.75) is 25.8 Å². The summed E-state index contributed by atoms with van der Waals surface area (Å²) in [5.74, 6) is -1.21. The van der Waals surface area contributed by atoms with Gasteiger partial charge in [-0.15, -0.1) is 0 Å². The van der Waals surface area contributed by atoms with E-state index in [4.69, 9.17) is 5.11 Å². The molecule has 7 heteroatoms. The summed E-state index contributed by atoms with van der Waals surface area (Å²) in [7, 11) is 1.23. The van der Waals surface area contributed by atoms with E-state index in [1.165, 1.54) is 20.9 Å². The molecule has 0 fully saturated rings. The van der Waals surface area contributed by atoms with Crippen molar-refractivity contribution in [3.8, 4) is 0 Å². The number of hydrogen-bond donors (Lipinski definition) is 2. The van der Waals surface area contributed by atoms with E-state index in [0.717, 1.165) is 4.90 Å². The van der Waals surface area contributed by atoms with E-state index >= 15 is 0 Å². The molecule has 0 heterocycles. The number of carboxylic acids is 1. The van der Waals surface area contributed by atoms with Crippen LogP contribution in [-0.2, 0) is 4.79 Å². The van der Waals surface area contributed by atoms with Crippen LogP contribution >= 0.6 is 0 Å². The second-order valence-electron chi connectivity index (χ2n) is 3.50. The molecule has 2 amide bonds. The first-order valence-corrected chi connectivity index (χ1v) is 4.22. The van der Waals surface area contributed by atoms with Crippen LogP contribution < -0.4 is 5.32 Å². The normalized spacial score (nSPS) is 11.3. The molecular formula is C8H14F2N2O3. The minimum atomic E-state index is -2.66. The zero-order chi connectivity index (χ0) is 12.2. The van der Waals surface area contributed by atoms with Gasteiger partial charge in [0.25, 0.3) is 6.43 Å². The van der Waals surface area contributed by atoms with E-state index in [2.05, 4.69) is 0 Å². The summed E-state index contributed by atoms with van der Waals surface area (Å²) in [6.07, 6.45) is -2.66. The lowest BCUT2D eigenvalue weighted by molar-refractivity contribution is -0.146. The van der Waals surface area contributed by atoms with Crippen LogP contribution in [0.1, 0.15) is 13.8 Å². The number of halogens is 2. The molecule has 0 radical (unpaired) electrons. The number of nitrogens with one attached hydrogen (secondary N) is 1. The lowest BCUT2D eigenvalue weighted by Gasteiger charge is -2.31. The van der Waals surface area contributed by atoms with Crippen LogP contribution in [0.4, 0.5) is 13.6 Å². The molecule has 0 unspecified atom stereocenters. The standard InChI is InChI=1S/C8H14F2N2O3/c1-8(2,6(13)14)12(3)7(15)11-4-5(9)10/h5H,4H2,1-3H3,(H,11,15)(H,13,14). The van der Waals surface area contributed by atoms with Crippen LogP contribution in [0.25, 0.3) is 0 Å². The molecule has 2 N–H and O–H groups in total. The topological polar surface area (TPSA) is 69.6 Å². The first kappa shape index (κ1) is 13.6. The van der Waals surface area contributed by atoms with Crippen LogP contribution in [0.5, 0.6) is 0 Å². The third-order valence-corrected chi connectivity index (χ3v) is 2.07. The van der Waals surface area contributed by atoms with Crippen molar-refractivity contribution in [3.05, 3.63) is 0 Å². The van der Waals surface area contributed by atoms with Crippen molar-refractivity contribution in [3.63, 3.8) is 0 Å². The van der Waals surface area contributed by atoms with Crippen LogP contribution in [0.2, 0.25) is 0 Å². The summed E-state index contributed by atoms with van der Waals surface area (Å²) in [5.41, 5.74) is -1.44. The Bertz CT molecular complexity index is 256. The van der Waals surface area contributed by atoms with Gasteiger partial charge in [0.2, 0.25) is 0 Å². The maximum Gasteiger partial charge on any atom is 0.329 e. The van der Waals surface area contributed by atoms with Crippen LogP contribution in [0.15, 0.2) is 0 Å². The van der Waals surface area contributed by atoms with Crippen molar-refractivity contribution in [1.29, 1.82) is 0 Å². The number of alkyl halides is 2. The summed E-state index contributed by atoms with van der Waals surface area (Å²) in [6, 6.07) is -0.845. The van der Waals surface area contributed by atoms with E-state index < -0.39 is 30.5 Å². The average molecular weight is 224 g/mol. The number of urea groups is 1. The van der Waals surface area contributed by atoms with Gasteiger partial charge in [0.15, 0.2) is 0 Å². The van der Waals surface area contributed by atoms with Gasteiger partial charge in [0.05, 0.1) is 6.54 Å². The number of hydrogen-bond acceptors (Lipinski definition) is 2. The fourth-order valence-electron chi connectivity index (χ4n) is 0.680. The zero-order valence-electron chi connectivity index (χ0n) is 8.75. The molecule has 0 spiro atoms. The Morgan fingerprint density at radius 3 is 2.27 bits per heavy atom. The number of likely N-dealkylation sites (N-methyl/N-ethyl adjacent to an activating group) is 1. The Morgan fingerprint density at radius 2 is 1.93 bits per heavy atom. The van der Waals surface area contributed by atoms with Gasteiger partial charge in [-0.05, 0) is 13.8 Å². The molecule has 88 valence electrons. The van der Waals surface area contributed by atoms with Crippen molar-refractivity contribution in [2.24, 2.45) is 0 Å². The highest BCUT2D eigenvalue weighted by Crippen LogP contribution is 2.12. The molecule has 0 aromatic rings. The molecule has 0 atom stereocenters. The molecule has 0 aromatic heterocycles. The summed E-state index contributed by atoms with van der Waals surface area (Å²) in [5, 5.41) is 10.7. The van der Waals surface area contributed by atoms with Crippen molar-refractivity contribution < 1.29 is 23.5 Å². The molecule has 0 saturated heterocycles. The van der Waals surface area contributed by atoms with Crippen LogP contribution in [-0.4, -0.2) is 47.6 Å². The van der Waals surface area contributed by atoms with Gasteiger partial charge in [-0.3, -0.25) is 0 Å². The maximum atomic E-state index is 11.8. The molecule has 15 heavy (non-hydrogen) atoms. The first-order chi connectivity index (χ1) is 6.69. The van der Waals surface area contributed by atoms with E-state index in [9.17, 15) is 18.4 Å². The van der Waals surface area contributed by atoms with E-state index in [0.29, 0.717) is 0 Å². The summed E-state index contributed by atoms with van der Waals surface area (Å²) >= 11 is 0. The maximum absolute atomic E-state index is 11.8. The van der Waals surface area contributed by atoms with Crippen molar-refractivity contribution >= 4 is 12.0 Å². The third kappa shape index (κ3) is 3.69. The quantitative estimate of drug-likeness (QED) is 0.740. The van der Waals surface area contributed by atoms with Crippen LogP contribution in [0.3, 0.4) is 0 Å². The SMILES string of the molecule is CN(C(=O)NCC(F)F)C(C)(C)C(=O)O. The minimum absolute atomic E-state index is 0.793. The molecular weight excluding hydrogens is 210 g/mol. The number of carbonyl (C=O) groups excluding carboxylic acids is 1. The largest absolute Gasteiger partial charge is 0.480 e. The second-order valence-corrected chi connectivity index (χ2v) is 3.50. The van der Waals surface area contributed by atoms with Gasteiger partial charge >= 0.3 is 12.0 Å². The van der Waals surface area contributed by atoms with Gasteiger partial charge in [0.1, 0.15) is 5.54 Å². The average Bonchev–Trinajstić information content (AvgIpc) is 2.12. The summed E-state index contributed by atoms with van der Waals surface area (Å²) in [4.78, 5) is 22.8. The fraction of sp³-hybridized carbons (Fsp3) is 0.750. The third-order valence-electron chi connectivity index (χ3n) is 2.07. The lowest BCUT2D eigenvalue weighted by Crippen LogP contribution is -2.54. The van der Waals surface area contributed by atoms with Gasteiger partial charge in [-0.25, -0.2) is 18.4 Å². The Kier molecular flexibility index (Phi) is 4.44. The molecule has 0 rings (SSSR count). The minimum Gasteiger partial charge on any atom is -0.480 e. The molecule has 0 aliphatic rings. The van der Waals surface area contributed by atoms with Gasteiger partial charge in [-0.2, -0.15) is 0 Å². The number of nitrogens with zero attached hydrogens (tertiary/aromatic N) is 1. The van der Waals surface area contributed by atoms with Crippen molar-refractivity contribution in [2.75, 3.05) is 13.6 Å². The van der Waals surface area contributed by atoms with E-state index in [-0.39, 0.29) is 0 Å². The Hall–Kier alpha value is -1.40. The van der Waals surface area contributed by atoms with E-state index in [1.54, 1.807) is 0 Å². The molecule has 0 bridgehead atoms. The van der Waals surface area contributed by atoms with Crippen molar-refractivity contribution in [1.82, 2.24) is 10.2 Å². The molecule has 0 aromatic carbocycles. The first-order valence-electron chi connectivity index (χ1n) is 4.22.